The van der Waals surface area contributed by atoms with Crippen molar-refractivity contribution in [1.82, 2.24) is 5.06 Å². The molecule has 0 unspecified atom stereocenters. The molecule has 0 aromatic heterocycles. The van der Waals surface area contributed by atoms with Gasteiger partial charge in [-0.3, -0.25) is 20.3 Å². The lowest BCUT2D eigenvalue weighted by atomic mass is 10.1. The number of benzene rings is 2. The molecule has 0 atom stereocenters. The Morgan fingerprint density at radius 3 is 2.54 bits per heavy atom. The number of aliphatic imine (C=N–C) groups is 1. The summed E-state index contributed by atoms with van der Waals surface area (Å²) in [5.41, 5.74) is -1.74. The second-order valence-corrected chi connectivity index (χ2v) is 7.27. The number of amides is 1. The number of hydroxylamine groups is 2. The summed E-state index contributed by atoms with van der Waals surface area (Å²) in [7, 11) is 1.29. The maximum atomic E-state index is 12.9. The SMILES string of the molecule is COc1cc(/C=C2/C(=N)N3OC(C)=CC3=NC2=O)ccc1Oc1ccc(C(F)(F)F)cc1[N+](=O)[O-]. The van der Waals surface area contributed by atoms with E-state index >= 15 is 0 Å². The van der Waals surface area contributed by atoms with Crippen molar-refractivity contribution in [3.05, 3.63) is 75.0 Å². The molecule has 2 heterocycles. The van der Waals surface area contributed by atoms with Crippen LogP contribution in [0, 0.1) is 15.5 Å². The van der Waals surface area contributed by atoms with Crippen molar-refractivity contribution in [3.8, 4) is 17.2 Å². The van der Waals surface area contributed by atoms with Crippen LogP contribution in [0.4, 0.5) is 18.9 Å². The average Bonchev–Trinajstić information content (AvgIpc) is 3.17. The van der Waals surface area contributed by atoms with Gasteiger partial charge in [-0.2, -0.15) is 18.2 Å². The molecule has 35 heavy (non-hydrogen) atoms. The van der Waals surface area contributed by atoms with Crippen molar-refractivity contribution in [1.29, 1.82) is 5.41 Å². The van der Waals surface area contributed by atoms with Gasteiger partial charge >= 0.3 is 11.9 Å². The molecule has 10 nitrogen and oxygen atoms in total. The van der Waals surface area contributed by atoms with E-state index in [9.17, 15) is 28.1 Å². The van der Waals surface area contributed by atoms with Gasteiger partial charge in [0.25, 0.3) is 5.91 Å². The van der Waals surface area contributed by atoms with Gasteiger partial charge in [-0.05, 0) is 42.8 Å². The van der Waals surface area contributed by atoms with E-state index in [-0.39, 0.29) is 28.7 Å². The van der Waals surface area contributed by atoms with Crippen LogP contribution in [0.1, 0.15) is 18.1 Å². The number of alkyl halides is 3. The molecule has 2 aliphatic heterocycles. The molecule has 4 rings (SSSR count). The Bertz CT molecular complexity index is 1360. The number of carbonyl (C=O) groups is 1. The summed E-state index contributed by atoms with van der Waals surface area (Å²) < 4.78 is 49.6. The van der Waals surface area contributed by atoms with Crippen LogP contribution < -0.4 is 9.47 Å². The van der Waals surface area contributed by atoms with Crippen LogP contribution in [0.15, 0.2) is 58.8 Å². The topological polar surface area (TPSA) is 127 Å². The molecular formula is C22H15F3N4O6. The number of nitro benzene ring substituents is 1. The molecule has 2 aromatic carbocycles. The monoisotopic (exact) mass is 488 g/mol. The molecule has 0 saturated carbocycles. The maximum absolute atomic E-state index is 12.9. The summed E-state index contributed by atoms with van der Waals surface area (Å²) >= 11 is 0. The van der Waals surface area contributed by atoms with Gasteiger partial charge < -0.3 is 14.3 Å². The molecule has 0 saturated heterocycles. The van der Waals surface area contributed by atoms with Crippen LogP contribution in [0.5, 0.6) is 17.2 Å². The number of rotatable bonds is 5. The molecule has 0 bridgehead atoms. The Morgan fingerprint density at radius 2 is 1.89 bits per heavy atom. The van der Waals surface area contributed by atoms with E-state index in [0.29, 0.717) is 23.5 Å². The summed E-state index contributed by atoms with van der Waals surface area (Å²) in [4.78, 5) is 32.0. The summed E-state index contributed by atoms with van der Waals surface area (Å²) in [5, 5.41) is 20.7. The molecule has 2 aromatic rings. The average molecular weight is 488 g/mol. The van der Waals surface area contributed by atoms with E-state index in [1.165, 1.54) is 37.5 Å². The van der Waals surface area contributed by atoms with E-state index in [4.69, 9.17) is 19.7 Å². The van der Waals surface area contributed by atoms with E-state index in [2.05, 4.69) is 4.99 Å². The van der Waals surface area contributed by atoms with E-state index < -0.39 is 34.0 Å². The Hall–Kier alpha value is -4.68. The zero-order valence-corrected chi connectivity index (χ0v) is 18.0. The minimum absolute atomic E-state index is 0.0226. The van der Waals surface area contributed by atoms with Gasteiger partial charge in [-0.1, -0.05) is 6.07 Å². The lowest BCUT2D eigenvalue weighted by molar-refractivity contribution is -0.385. The normalized spacial score (nSPS) is 16.5. The van der Waals surface area contributed by atoms with Crippen LogP contribution in [-0.2, 0) is 15.8 Å². The second kappa shape index (κ2) is 8.59. The number of nitrogens with one attached hydrogen (secondary N) is 1. The van der Waals surface area contributed by atoms with Crippen molar-refractivity contribution < 1.29 is 37.2 Å². The largest absolute Gasteiger partial charge is 0.493 e. The zero-order valence-electron chi connectivity index (χ0n) is 18.0. The van der Waals surface area contributed by atoms with Gasteiger partial charge in [0, 0.05) is 12.1 Å². The quantitative estimate of drug-likeness (QED) is 0.362. The van der Waals surface area contributed by atoms with Crippen molar-refractivity contribution in [2.75, 3.05) is 7.11 Å². The number of nitrogens with zero attached hydrogens (tertiary/aromatic N) is 3. The third-order valence-electron chi connectivity index (χ3n) is 4.88. The lowest BCUT2D eigenvalue weighted by Gasteiger charge is -2.23. The first kappa shape index (κ1) is 23.5. The number of amidine groups is 2. The fraction of sp³-hybridized carbons (Fsp3) is 0.136. The van der Waals surface area contributed by atoms with E-state index in [0.717, 1.165) is 11.1 Å². The maximum Gasteiger partial charge on any atom is 0.416 e. The number of hydrogen-bond acceptors (Lipinski definition) is 7. The molecule has 1 amide bonds. The summed E-state index contributed by atoms with van der Waals surface area (Å²) in [6.07, 6.45) is -1.88. The number of allylic oxidation sites excluding steroid dienone is 1. The van der Waals surface area contributed by atoms with Crippen LogP contribution >= 0.6 is 0 Å². The highest BCUT2D eigenvalue weighted by molar-refractivity contribution is 6.32. The Kier molecular flexibility index (Phi) is 5.76. The number of carbonyl (C=O) groups excluding carboxylic acids is 1. The van der Waals surface area contributed by atoms with Crippen LogP contribution in [0.25, 0.3) is 6.08 Å². The minimum atomic E-state index is -4.76. The van der Waals surface area contributed by atoms with Gasteiger partial charge in [0.05, 0.1) is 23.2 Å². The third-order valence-corrected chi connectivity index (χ3v) is 4.88. The number of nitro groups is 1. The summed E-state index contributed by atoms with van der Waals surface area (Å²) in [6.45, 7) is 1.65. The predicted molar refractivity (Wildman–Crippen MR) is 116 cm³/mol. The third kappa shape index (κ3) is 4.55. The first-order valence-corrected chi connectivity index (χ1v) is 9.79. The predicted octanol–water partition coefficient (Wildman–Crippen LogP) is 4.86. The number of hydrogen-bond donors (Lipinski definition) is 1. The highest BCUT2D eigenvalue weighted by Crippen LogP contribution is 2.40. The highest BCUT2D eigenvalue weighted by Gasteiger charge is 2.35. The van der Waals surface area contributed by atoms with Crippen LogP contribution in [0.2, 0.25) is 0 Å². The molecule has 0 fully saturated rings. The van der Waals surface area contributed by atoms with Crippen LogP contribution in [-0.4, -0.2) is 34.7 Å². The highest BCUT2D eigenvalue weighted by atomic mass is 19.4. The van der Waals surface area contributed by atoms with Crippen molar-refractivity contribution in [2.45, 2.75) is 13.1 Å². The van der Waals surface area contributed by atoms with Crippen molar-refractivity contribution in [2.24, 2.45) is 4.99 Å². The van der Waals surface area contributed by atoms with Crippen molar-refractivity contribution >= 4 is 29.3 Å². The fourth-order valence-corrected chi connectivity index (χ4v) is 3.27. The van der Waals surface area contributed by atoms with Gasteiger partial charge in [-0.25, -0.2) is 0 Å². The molecule has 0 aliphatic carbocycles. The first-order valence-electron chi connectivity index (χ1n) is 9.79. The number of ether oxygens (including phenoxy) is 2. The molecular weight excluding hydrogens is 473 g/mol. The molecule has 180 valence electrons. The number of halogens is 3. The van der Waals surface area contributed by atoms with E-state index in [1.54, 1.807) is 6.92 Å². The van der Waals surface area contributed by atoms with Gasteiger partial charge in [0.2, 0.25) is 5.75 Å². The Labute approximate surface area is 195 Å². The smallest absolute Gasteiger partial charge is 0.416 e. The molecule has 1 N–H and O–H groups in total. The summed E-state index contributed by atoms with van der Waals surface area (Å²) in [5.74, 6) is -0.610. The zero-order chi connectivity index (χ0) is 25.5. The number of methoxy groups -OCH3 is 1. The number of fused-ring (bicyclic) bond motifs is 1. The Morgan fingerprint density at radius 1 is 1.17 bits per heavy atom. The van der Waals surface area contributed by atoms with E-state index in [1.807, 2.05) is 0 Å². The van der Waals surface area contributed by atoms with Gasteiger partial charge in [0.15, 0.2) is 23.2 Å². The fourth-order valence-electron chi connectivity index (χ4n) is 3.27. The lowest BCUT2D eigenvalue weighted by Crippen LogP contribution is -2.38. The van der Waals surface area contributed by atoms with Crippen molar-refractivity contribution in [3.63, 3.8) is 0 Å². The second-order valence-electron chi connectivity index (χ2n) is 7.27. The molecule has 2 aliphatic rings. The molecule has 13 heteroatoms. The van der Waals surface area contributed by atoms with Crippen LogP contribution in [0.3, 0.4) is 0 Å². The standard InChI is InChI=1S/C22H15F3N4O6/c1-11-7-19-27-21(30)14(20(26)28(19)35-11)8-12-3-5-17(18(9-12)33-2)34-16-6-4-13(22(23,24)25)10-15(16)29(31)32/h3-10,26H,1-2H3/b14-8-,26-20?. The van der Waals surface area contributed by atoms with Gasteiger partial charge in [-0.15, -0.1) is 5.06 Å². The molecule has 0 radical (unpaired) electrons. The molecule has 0 spiro atoms. The first-order chi connectivity index (χ1) is 16.5. The summed E-state index contributed by atoms with van der Waals surface area (Å²) in [6, 6.07) is 6.14. The minimum Gasteiger partial charge on any atom is -0.493 e. The van der Waals surface area contributed by atoms with Gasteiger partial charge in [0.1, 0.15) is 5.76 Å². The Balaban J connectivity index is 1.65.